The Balaban J connectivity index is 1.67. The number of halogens is 1. The molecule has 2 aromatic carbocycles. The maximum atomic E-state index is 13.0. The fraction of sp³-hybridized carbons (Fsp3) is 0.150. The molecular formula is C20H15ClN4O2. The van der Waals surface area contributed by atoms with E-state index in [2.05, 4.69) is 15.7 Å². The maximum absolute atomic E-state index is 13.0. The summed E-state index contributed by atoms with van der Waals surface area (Å²) in [6.07, 6.45) is 1.73. The van der Waals surface area contributed by atoms with Crippen LogP contribution in [0.5, 0.6) is 0 Å². The number of hydrogen-bond donors (Lipinski definition) is 2. The zero-order chi connectivity index (χ0) is 18.6. The Kier molecular flexibility index (Phi) is 3.39. The van der Waals surface area contributed by atoms with Crippen LogP contribution in [0.25, 0.3) is 0 Å². The van der Waals surface area contributed by atoms with Crippen LogP contribution in [0.1, 0.15) is 23.1 Å². The molecule has 0 fully saturated rings. The molecule has 5 rings (SSSR count). The number of anilines is 2. The molecule has 2 amide bonds. The van der Waals surface area contributed by atoms with Crippen LogP contribution in [0.4, 0.5) is 11.5 Å². The molecule has 1 atom stereocenters. The van der Waals surface area contributed by atoms with Crippen molar-refractivity contribution in [1.82, 2.24) is 9.78 Å². The van der Waals surface area contributed by atoms with Crippen molar-refractivity contribution in [3.05, 3.63) is 76.4 Å². The highest BCUT2D eigenvalue weighted by Crippen LogP contribution is 2.49. The zero-order valence-electron chi connectivity index (χ0n) is 14.2. The second-order valence-electron chi connectivity index (χ2n) is 6.79. The first-order valence-electron chi connectivity index (χ1n) is 8.60. The third kappa shape index (κ3) is 2.23. The van der Waals surface area contributed by atoms with Crippen LogP contribution in [0.3, 0.4) is 0 Å². The third-order valence-corrected chi connectivity index (χ3v) is 5.65. The van der Waals surface area contributed by atoms with Crippen molar-refractivity contribution in [3.63, 3.8) is 0 Å². The van der Waals surface area contributed by atoms with E-state index in [4.69, 9.17) is 11.6 Å². The van der Waals surface area contributed by atoms with Gasteiger partial charge in [-0.2, -0.15) is 5.10 Å². The first-order valence-corrected chi connectivity index (χ1v) is 8.98. The van der Waals surface area contributed by atoms with E-state index in [0.717, 1.165) is 16.8 Å². The predicted octanol–water partition coefficient (Wildman–Crippen LogP) is 3.17. The van der Waals surface area contributed by atoms with Gasteiger partial charge in [0.1, 0.15) is 11.2 Å². The number of nitrogens with one attached hydrogen (secondary N) is 2. The summed E-state index contributed by atoms with van der Waals surface area (Å²) in [4.78, 5) is 25.5. The molecule has 3 aromatic rings. The SMILES string of the molecule is O=C1CC2(C(=O)Nc3ccccc32)c2cnn(Cc3ccccc3Cl)c2N1. The summed E-state index contributed by atoms with van der Waals surface area (Å²) in [7, 11) is 0. The molecule has 0 saturated carbocycles. The van der Waals surface area contributed by atoms with Crippen LogP contribution in [0.15, 0.2) is 54.7 Å². The molecule has 134 valence electrons. The van der Waals surface area contributed by atoms with Crippen molar-refractivity contribution in [1.29, 1.82) is 0 Å². The van der Waals surface area contributed by atoms with E-state index in [0.29, 0.717) is 22.9 Å². The topological polar surface area (TPSA) is 76.0 Å². The van der Waals surface area contributed by atoms with E-state index in [1.807, 2.05) is 48.5 Å². The van der Waals surface area contributed by atoms with E-state index in [1.54, 1.807) is 10.9 Å². The molecule has 0 bridgehead atoms. The number of carbonyl (C=O) groups is 2. The second-order valence-corrected chi connectivity index (χ2v) is 7.19. The molecule has 27 heavy (non-hydrogen) atoms. The number of amides is 2. The van der Waals surface area contributed by atoms with Gasteiger partial charge in [0.2, 0.25) is 11.8 Å². The van der Waals surface area contributed by atoms with Crippen LogP contribution >= 0.6 is 11.6 Å². The lowest BCUT2D eigenvalue weighted by atomic mass is 9.72. The normalized spacial score (nSPS) is 20.2. The van der Waals surface area contributed by atoms with Gasteiger partial charge in [-0.05, 0) is 23.3 Å². The van der Waals surface area contributed by atoms with E-state index in [9.17, 15) is 9.59 Å². The van der Waals surface area contributed by atoms with Crippen molar-refractivity contribution in [2.75, 3.05) is 10.6 Å². The highest BCUT2D eigenvalue weighted by atomic mass is 35.5. The quantitative estimate of drug-likeness (QED) is 0.719. The number of benzene rings is 2. The van der Waals surface area contributed by atoms with Gasteiger partial charge in [-0.25, -0.2) is 4.68 Å². The van der Waals surface area contributed by atoms with Crippen LogP contribution < -0.4 is 10.6 Å². The average molecular weight is 379 g/mol. The third-order valence-electron chi connectivity index (χ3n) is 5.28. The van der Waals surface area contributed by atoms with Crippen LogP contribution in [-0.4, -0.2) is 21.6 Å². The first kappa shape index (κ1) is 16.1. The summed E-state index contributed by atoms with van der Waals surface area (Å²) in [5.74, 6) is 0.130. The fourth-order valence-electron chi connectivity index (χ4n) is 4.01. The molecule has 0 aliphatic carbocycles. The fourth-order valence-corrected chi connectivity index (χ4v) is 4.20. The van der Waals surface area contributed by atoms with Gasteiger partial charge >= 0.3 is 0 Å². The van der Waals surface area contributed by atoms with Gasteiger partial charge in [0.15, 0.2) is 0 Å². The minimum atomic E-state index is -1.05. The highest BCUT2D eigenvalue weighted by molar-refractivity contribution is 6.31. The lowest BCUT2D eigenvalue weighted by molar-refractivity contribution is -0.125. The predicted molar refractivity (Wildman–Crippen MR) is 102 cm³/mol. The zero-order valence-corrected chi connectivity index (χ0v) is 15.0. The summed E-state index contributed by atoms with van der Waals surface area (Å²) in [5.41, 5.74) is 2.09. The molecule has 3 heterocycles. The Morgan fingerprint density at radius 2 is 1.81 bits per heavy atom. The molecule has 2 N–H and O–H groups in total. The van der Waals surface area contributed by atoms with E-state index < -0.39 is 5.41 Å². The van der Waals surface area contributed by atoms with Gasteiger partial charge in [0, 0.05) is 22.7 Å². The number of carbonyl (C=O) groups excluding carboxylic acids is 2. The lowest BCUT2D eigenvalue weighted by Crippen LogP contribution is -2.43. The Hall–Kier alpha value is -3.12. The molecule has 0 saturated heterocycles. The van der Waals surface area contributed by atoms with Crippen LogP contribution in [0, 0.1) is 0 Å². The number of rotatable bonds is 2. The van der Waals surface area contributed by atoms with Gasteiger partial charge in [-0.15, -0.1) is 0 Å². The van der Waals surface area contributed by atoms with Crippen molar-refractivity contribution >= 4 is 34.9 Å². The molecule has 0 radical (unpaired) electrons. The standard InChI is InChI=1S/C20H15ClN4O2/c21-15-7-3-1-5-12(15)11-25-18-14(10-22-25)20(9-17(26)24-18)13-6-2-4-8-16(13)23-19(20)27/h1-8,10H,9,11H2,(H,23,27)(H,24,26). The summed E-state index contributed by atoms with van der Waals surface area (Å²) in [6, 6.07) is 15.0. The van der Waals surface area contributed by atoms with E-state index >= 15 is 0 Å². The van der Waals surface area contributed by atoms with Crippen molar-refractivity contribution in [2.45, 2.75) is 18.4 Å². The van der Waals surface area contributed by atoms with Gasteiger partial charge in [0.25, 0.3) is 0 Å². The molecule has 2 aliphatic rings. The lowest BCUT2D eigenvalue weighted by Gasteiger charge is -2.31. The van der Waals surface area contributed by atoms with Gasteiger partial charge in [-0.1, -0.05) is 48.0 Å². The minimum Gasteiger partial charge on any atom is -0.325 e. The Labute approximate surface area is 160 Å². The molecule has 1 unspecified atom stereocenters. The average Bonchev–Trinajstić information content (AvgIpc) is 3.17. The van der Waals surface area contributed by atoms with Crippen molar-refractivity contribution in [2.24, 2.45) is 0 Å². The van der Waals surface area contributed by atoms with Gasteiger partial charge < -0.3 is 10.6 Å². The Bertz CT molecular complexity index is 1110. The molecule has 1 spiro atoms. The summed E-state index contributed by atoms with van der Waals surface area (Å²) in [5, 5.41) is 10.9. The number of hydrogen-bond acceptors (Lipinski definition) is 3. The van der Waals surface area contributed by atoms with Gasteiger partial charge in [0.05, 0.1) is 12.7 Å². The number of aromatic nitrogens is 2. The van der Waals surface area contributed by atoms with Crippen LogP contribution in [0.2, 0.25) is 5.02 Å². The van der Waals surface area contributed by atoms with E-state index in [-0.39, 0.29) is 18.2 Å². The molecule has 6 nitrogen and oxygen atoms in total. The monoisotopic (exact) mass is 378 g/mol. The second kappa shape index (κ2) is 5.69. The molecule has 2 aliphatic heterocycles. The maximum Gasteiger partial charge on any atom is 0.240 e. The molecule has 1 aromatic heterocycles. The Morgan fingerprint density at radius 1 is 1.04 bits per heavy atom. The Morgan fingerprint density at radius 3 is 2.67 bits per heavy atom. The summed E-state index contributed by atoms with van der Waals surface area (Å²) >= 11 is 6.27. The summed E-state index contributed by atoms with van der Waals surface area (Å²) in [6.45, 7) is 0.397. The first-order chi connectivity index (χ1) is 13.1. The van der Waals surface area contributed by atoms with Gasteiger partial charge in [-0.3, -0.25) is 9.59 Å². The molecular weight excluding hydrogens is 364 g/mol. The minimum absolute atomic E-state index is 0.0562. The summed E-state index contributed by atoms with van der Waals surface area (Å²) < 4.78 is 1.68. The number of para-hydroxylation sites is 1. The molecule has 7 heteroatoms. The number of nitrogens with zero attached hydrogens (tertiary/aromatic N) is 2. The van der Waals surface area contributed by atoms with Crippen molar-refractivity contribution < 1.29 is 9.59 Å². The highest BCUT2D eigenvalue weighted by Gasteiger charge is 2.54. The number of fused-ring (bicyclic) bond motifs is 4. The smallest absolute Gasteiger partial charge is 0.240 e. The van der Waals surface area contributed by atoms with E-state index in [1.165, 1.54) is 0 Å². The van der Waals surface area contributed by atoms with Crippen LogP contribution in [-0.2, 0) is 21.5 Å². The largest absolute Gasteiger partial charge is 0.325 e. The van der Waals surface area contributed by atoms with Crippen molar-refractivity contribution in [3.8, 4) is 0 Å².